The smallest absolute Gasteiger partial charge is 0.347 e. The predicted molar refractivity (Wildman–Crippen MR) is 88.0 cm³/mol. The van der Waals surface area contributed by atoms with Gasteiger partial charge in [0.15, 0.2) is 6.10 Å². The number of carbonyl (C=O) groups excluding carboxylic acids is 1. The fourth-order valence-corrected chi connectivity index (χ4v) is 2.60. The number of hydrogen-bond donors (Lipinski definition) is 0. The summed E-state index contributed by atoms with van der Waals surface area (Å²) < 4.78 is 10.9. The molecule has 1 aliphatic rings. The molecule has 1 aliphatic heterocycles. The van der Waals surface area contributed by atoms with Gasteiger partial charge in [0.1, 0.15) is 5.75 Å². The summed E-state index contributed by atoms with van der Waals surface area (Å²) in [6.45, 7) is 9.30. The Bertz CT molecular complexity index is 578. The maximum atomic E-state index is 11.9. The molecule has 0 aromatic heterocycles. The van der Waals surface area contributed by atoms with Crippen LogP contribution in [0.3, 0.4) is 0 Å². The number of fused-ring (bicyclic) bond motifs is 1. The van der Waals surface area contributed by atoms with Crippen LogP contribution < -0.4 is 4.74 Å². The van der Waals surface area contributed by atoms with Crippen molar-refractivity contribution in [3.05, 3.63) is 28.3 Å². The van der Waals surface area contributed by atoms with Crippen molar-refractivity contribution >= 4 is 12.2 Å². The molecule has 4 nitrogen and oxygen atoms in total. The highest BCUT2D eigenvalue weighted by Crippen LogP contribution is 2.35. The van der Waals surface area contributed by atoms with Crippen molar-refractivity contribution in [3.8, 4) is 5.75 Å². The van der Waals surface area contributed by atoms with E-state index in [-0.39, 0.29) is 5.97 Å². The van der Waals surface area contributed by atoms with E-state index >= 15 is 0 Å². The third-order valence-electron chi connectivity index (χ3n) is 4.04. The molecular weight excluding hydrogens is 278 g/mol. The Labute approximate surface area is 132 Å². The maximum absolute atomic E-state index is 11.9. The lowest BCUT2D eigenvalue weighted by Crippen LogP contribution is -2.27. The SMILES string of the molecule is CCCCN=Cc1cc2c(c(C)c1C)OC(C(=O)OCC)C2. The van der Waals surface area contributed by atoms with E-state index in [0.29, 0.717) is 13.0 Å². The Morgan fingerprint density at radius 3 is 2.86 bits per heavy atom. The number of benzene rings is 1. The summed E-state index contributed by atoms with van der Waals surface area (Å²) in [6, 6.07) is 2.09. The van der Waals surface area contributed by atoms with Gasteiger partial charge in [0.05, 0.1) is 6.61 Å². The van der Waals surface area contributed by atoms with Gasteiger partial charge in [-0.1, -0.05) is 13.3 Å². The third-order valence-corrected chi connectivity index (χ3v) is 4.04. The second-order valence-corrected chi connectivity index (χ2v) is 5.66. The number of aliphatic imine (C=N–C) groups is 1. The van der Waals surface area contributed by atoms with Gasteiger partial charge in [0.2, 0.25) is 0 Å². The molecule has 0 radical (unpaired) electrons. The fourth-order valence-electron chi connectivity index (χ4n) is 2.60. The molecule has 0 saturated heterocycles. The predicted octanol–water partition coefficient (Wildman–Crippen LogP) is 3.39. The van der Waals surface area contributed by atoms with Crippen LogP contribution in [0.5, 0.6) is 5.75 Å². The number of nitrogens with zero attached hydrogens (tertiary/aromatic N) is 1. The van der Waals surface area contributed by atoms with E-state index in [0.717, 1.165) is 47.4 Å². The molecular formula is C18H25NO3. The highest BCUT2D eigenvalue weighted by molar-refractivity contribution is 5.84. The molecule has 22 heavy (non-hydrogen) atoms. The van der Waals surface area contributed by atoms with Gasteiger partial charge in [0, 0.05) is 19.2 Å². The zero-order valence-corrected chi connectivity index (χ0v) is 13.9. The number of unbranched alkanes of at least 4 members (excludes halogenated alkanes) is 1. The summed E-state index contributed by atoms with van der Waals surface area (Å²) in [6.07, 6.45) is 4.25. The van der Waals surface area contributed by atoms with Crippen LogP contribution in [0.4, 0.5) is 0 Å². The first-order chi connectivity index (χ1) is 10.6. The summed E-state index contributed by atoms with van der Waals surface area (Å²) in [5.74, 6) is 0.551. The van der Waals surface area contributed by atoms with Crippen molar-refractivity contribution < 1.29 is 14.3 Å². The zero-order chi connectivity index (χ0) is 16.1. The maximum Gasteiger partial charge on any atom is 0.347 e. The van der Waals surface area contributed by atoms with E-state index in [1.54, 1.807) is 6.92 Å². The summed E-state index contributed by atoms with van der Waals surface area (Å²) in [5.41, 5.74) is 4.42. The number of rotatable bonds is 6. The Kier molecular flexibility index (Phi) is 5.58. The van der Waals surface area contributed by atoms with E-state index in [1.165, 1.54) is 0 Å². The molecule has 0 N–H and O–H groups in total. The molecule has 1 aromatic carbocycles. The first-order valence-corrected chi connectivity index (χ1v) is 8.04. The Balaban J connectivity index is 2.20. The highest BCUT2D eigenvalue weighted by atomic mass is 16.6. The molecule has 0 saturated carbocycles. The lowest BCUT2D eigenvalue weighted by molar-refractivity contribution is -0.150. The number of hydrogen-bond acceptors (Lipinski definition) is 4. The van der Waals surface area contributed by atoms with E-state index in [4.69, 9.17) is 9.47 Å². The Morgan fingerprint density at radius 1 is 1.41 bits per heavy atom. The number of esters is 1. The van der Waals surface area contributed by atoms with Gasteiger partial charge in [-0.2, -0.15) is 0 Å². The van der Waals surface area contributed by atoms with Gasteiger partial charge < -0.3 is 9.47 Å². The molecule has 0 amide bonds. The van der Waals surface area contributed by atoms with Gasteiger partial charge in [0.25, 0.3) is 0 Å². The summed E-state index contributed by atoms with van der Waals surface area (Å²) in [5, 5.41) is 0. The van der Waals surface area contributed by atoms with E-state index in [2.05, 4.69) is 24.9 Å². The zero-order valence-electron chi connectivity index (χ0n) is 13.9. The topological polar surface area (TPSA) is 47.9 Å². The molecule has 1 aromatic rings. The lowest BCUT2D eigenvalue weighted by Gasteiger charge is -2.12. The minimum atomic E-state index is -0.514. The number of carbonyl (C=O) groups is 1. The second-order valence-electron chi connectivity index (χ2n) is 5.66. The summed E-state index contributed by atoms with van der Waals surface area (Å²) in [7, 11) is 0. The normalized spacial score (nSPS) is 16.6. The number of ether oxygens (including phenoxy) is 2. The molecule has 0 bridgehead atoms. The van der Waals surface area contributed by atoms with Crippen LogP contribution in [0, 0.1) is 13.8 Å². The van der Waals surface area contributed by atoms with Crippen LogP contribution in [0.2, 0.25) is 0 Å². The highest BCUT2D eigenvalue weighted by Gasteiger charge is 2.32. The van der Waals surface area contributed by atoms with Gasteiger partial charge in [-0.05, 0) is 55.5 Å². The summed E-state index contributed by atoms with van der Waals surface area (Å²) >= 11 is 0. The van der Waals surface area contributed by atoms with Crippen molar-refractivity contribution in [1.29, 1.82) is 0 Å². The lowest BCUT2D eigenvalue weighted by atomic mass is 9.97. The Hall–Kier alpha value is -1.84. The summed E-state index contributed by atoms with van der Waals surface area (Å²) in [4.78, 5) is 16.4. The van der Waals surface area contributed by atoms with Crippen LogP contribution in [0.15, 0.2) is 11.1 Å². The van der Waals surface area contributed by atoms with Crippen molar-refractivity contribution in [3.63, 3.8) is 0 Å². The van der Waals surface area contributed by atoms with Crippen molar-refractivity contribution in [2.24, 2.45) is 4.99 Å². The molecule has 0 aliphatic carbocycles. The largest absolute Gasteiger partial charge is 0.478 e. The van der Waals surface area contributed by atoms with Gasteiger partial charge >= 0.3 is 5.97 Å². The molecule has 120 valence electrons. The Morgan fingerprint density at radius 2 is 2.18 bits per heavy atom. The molecule has 1 heterocycles. The average Bonchev–Trinajstić information content (AvgIpc) is 2.93. The van der Waals surface area contributed by atoms with Crippen LogP contribution in [-0.4, -0.2) is 31.4 Å². The average molecular weight is 303 g/mol. The van der Waals surface area contributed by atoms with Gasteiger partial charge in [-0.3, -0.25) is 4.99 Å². The standard InChI is InChI=1S/C18H25NO3/c1-5-7-8-19-11-15-9-14-10-16(18(20)21-6-2)22-17(14)13(4)12(15)3/h9,11,16H,5-8,10H2,1-4H3. The van der Waals surface area contributed by atoms with Crippen molar-refractivity contribution in [2.75, 3.05) is 13.2 Å². The second kappa shape index (κ2) is 7.43. The minimum absolute atomic E-state index is 0.283. The third kappa shape index (κ3) is 3.49. The quantitative estimate of drug-likeness (QED) is 0.460. The monoisotopic (exact) mass is 303 g/mol. The first-order valence-electron chi connectivity index (χ1n) is 8.04. The van der Waals surface area contributed by atoms with Crippen LogP contribution in [-0.2, 0) is 16.0 Å². The van der Waals surface area contributed by atoms with Crippen molar-refractivity contribution in [2.45, 2.75) is 53.1 Å². The molecule has 0 fully saturated rings. The van der Waals surface area contributed by atoms with E-state index in [9.17, 15) is 4.79 Å². The van der Waals surface area contributed by atoms with Crippen LogP contribution in [0.1, 0.15) is 48.9 Å². The molecule has 1 unspecified atom stereocenters. The van der Waals surface area contributed by atoms with E-state index in [1.807, 2.05) is 13.1 Å². The molecule has 0 spiro atoms. The minimum Gasteiger partial charge on any atom is -0.478 e. The first kappa shape index (κ1) is 16.5. The van der Waals surface area contributed by atoms with Crippen LogP contribution >= 0.6 is 0 Å². The van der Waals surface area contributed by atoms with E-state index < -0.39 is 6.10 Å². The fraction of sp³-hybridized carbons (Fsp3) is 0.556. The van der Waals surface area contributed by atoms with Crippen molar-refractivity contribution in [1.82, 2.24) is 0 Å². The molecule has 4 heteroatoms. The van der Waals surface area contributed by atoms with Crippen LogP contribution in [0.25, 0.3) is 0 Å². The van der Waals surface area contributed by atoms with Gasteiger partial charge in [-0.25, -0.2) is 4.79 Å². The molecule has 2 rings (SSSR count). The molecule has 1 atom stereocenters. The van der Waals surface area contributed by atoms with Gasteiger partial charge in [-0.15, -0.1) is 0 Å².